The summed E-state index contributed by atoms with van der Waals surface area (Å²) in [5.74, 6) is -0.0383. The summed E-state index contributed by atoms with van der Waals surface area (Å²) in [5.41, 5.74) is 2.32. The number of fused-ring (bicyclic) bond motifs is 1. The standard InChI is InChI=1S/C13H17NO4/c15-11(6-13(16)17)8-14-7-9-1-2-12-10(5-9)3-4-18-12/h1-2,5,11,14-15H,3-4,6-8H2,(H,16,17). The molecule has 98 valence electrons. The normalized spacial score (nSPS) is 14.9. The van der Waals surface area contributed by atoms with Gasteiger partial charge in [-0.1, -0.05) is 12.1 Å². The van der Waals surface area contributed by atoms with Crippen molar-refractivity contribution in [3.8, 4) is 5.75 Å². The van der Waals surface area contributed by atoms with Crippen LogP contribution in [0.15, 0.2) is 18.2 Å². The first-order valence-corrected chi connectivity index (χ1v) is 6.00. The van der Waals surface area contributed by atoms with Crippen LogP contribution in [0.2, 0.25) is 0 Å². The minimum Gasteiger partial charge on any atom is -0.493 e. The van der Waals surface area contributed by atoms with E-state index >= 15 is 0 Å². The molecule has 1 aliphatic rings. The molecule has 5 heteroatoms. The molecule has 0 spiro atoms. The van der Waals surface area contributed by atoms with Gasteiger partial charge in [-0.05, 0) is 17.2 Å². The largest absolute Gasteiger partial charge is 0.493 e. The van der Waals surface area contributed by atoms with Crippen LogP contribution in [0, 0.1) is 0 Å². The van der Waals surface area contributed by atoms with Crippen molar-refractivity contribution in [1.82, 2.24) is 5.32 Å². The number of carbonyl (C=O) groups is 1. The highest BCUT2D eigenvalue weighted by molar-refractivity contribution is 5.67. The average molecular weight is 251 g/mol. The van der Waals surface area contributed by atoms with Gasteiger partial charge in [0, 0.05) is 19.5 Å². The van der Waals surface area contributed by atoms with E-state index in [-0.39, 0.29) is 13.0 Å². The van der Waals surface area contributed by atoms with Crippen molar-refractivity contribution in [2.24, 2.45) is 0 Å². The van der Waals surface area contributed by atoms with Gasteiger partial charge in [0.05, 0.1) is 19.1 Å². The molecule has 1 heterocycles. The number of hydrogen-bond donors (Lipinski definition) is 3. The molecular formula is C13H17NO4. The number of carboxylic acid groups (broad SMARTS) is 1. The molecule has 0 radical (unpaired) electrons. The van der Waals surface area contributed by atoms with Gasteiger partial charge < -0.3 is 20.3 Å². The molecule has 0 bridgehead atoms. The summed E-state index contributed by atoms with van der Waals surface area (Å²) >= 11 is 0. The first-order chi connectivity index (χ1) is 8.65. The molecule has 18 heavy (non-hydrogen) atoms. The predicted molar refractivity (Wildman–Crippen MR) is 65.6 cm³/mol. The summed E-state index contributed by atoms with van der Waals surface area (Å²) in [7, 11) is 0. The summed E-state index contributed by atoms with van der Waals surface area (Å²) in [4.78, 5) is 10.4. The number of nitrogens with one attached hydrogen (secondary N) is 1. The van der Waals surface area contributed by atoms with Crippen LogP contribution in [0.5, 0.6) is 5.75 Å². The Morgan fingerprint density at radius 1 is 1.50 bits per heavy atom. The fourth-order valence-electron chi connectivity index (χ4n) is 2.01. The van der Waals surface area contributed by atoms with E-state index in [1.54, 1.807) is 0 Å². The van der Waals surface area contributed by atoms with Crippen LogP contribution < -0.4 is 10.1 Å². The van der Waals surface area contributed by atoms with Crippen LogP contribution in [0.3, 0.4) is 0 Å². The Labute approximate surface area is 105 Å². The number of rotatable bonds is 6. The zero-order valence-electron chi connectivity index (χ0n) is 10.1. The lowest BCUT2D eigenvalue weighted by atomic mass is 10.1. The molecule has 0 aromatic heterocycles. The molecular weight excluding hydrogens is 234 g/mol. The number of aliphatic hydroxyl groups excluding tert-OH is 1. The van der Waals surface area contributed by atoms with Gasteiger partial charge in [0.2, 0.25) is 0 Å². The maximum absolute atomic E-state index is 10.4. The molecule has 0 fully saturated rings. The predicted octanol–water partition coefficient (Wildman–Crippen LogP) is 0.547. The third-order valence-corrected chi connectivity index (χ3v) is 2.87. The number of hydrogen-bond acceptors (Lipinski definition) is 4. The molecule has 2 rings (SSSR count). The van der Waals surface area contributed by atoms with Gasteiger partial charge in [0.25, 0.3) is 0 Å². The van der Waals surface area contributed by atoms with Gasteiger partial charge in [-0.2, -0.15) is 0 Å². The van der Waals surface area contributed by atoms with E-state index in [1.807, 2.05) is 12.1 Å². The minimum absolute atomic E-state index is 0.231. The molecule has 1 aromatic rings. The Balaban J connectivity index is 1.78. The lowest BCUT2D eigenvalue weighted by molar-refractivity contribution is -0.139. The van der Waals surface area contributed by atoms with Gasteiger partial charge in [-0.3, -0.25) is 4.79 Å². The highest BCUT2D eigenvalue weighted by Crippen LogP contribution is 2.25. The Morgan fingerprint density at radius 2 is 2.33 bits per heavy atom. The number of aliphatic hydroxyl groups is 1. The Morgan fingerprint density at radius 3 is 3.11 bits per heavy atom. The smallest absolute Gasteiger partial charge is 0.306 e. The third kappa shape index (κ3) is 3.45. The summed E-state index contributed by atoms with van der Waals surface area (Å²) in [6.07, 6.45) is -0.143. The maximum Gasteiger partial charge on any atom is 0.306 e. The topological polar surface area (TPSA) is 78.8 Å². The lowest BCUT2D eigenvalue weighted by Crippen LogP contribution is -2.28. The van der Waals surface area contributed by atoms with Crippen molar-refractivity contribution < 1.29 is 19.7 Å². The van der Waals surface area contributed by atoms with Crippen LogP contribution in [-0.4, -0.2) is 35.4 Å². The van der Waals surface area contributed by atoms with E-state index in [1.165, 1.54) is 5.56 Å². The van der Waals surface area contributed by atoms with Crippen LogP contribution in [0.25, 0.3) is 0 Å². The maximum atomic E-state index is 10.4. The summed E-state index contributed by atoms with van der Waals surface area (Å²) in [5, 5.41) is 20.9. The van der Waals surface area contributed by atoms with Crippen LogP contribution in [-0.2, 0) is 17.8 Å². The van der Waals surface area contributed by atoms with Crippen molar-refractivity contribution in [2.75, 3.05) is 13.2 Å². The SMILES string of the molecule is O=C(O)CC(O)CNCc1ccc2c(c1)CCO2. The van der Waals surface area contributed by atoms with Gasteiger partial charge in [0.1, 0.15) is 5.75 Å². The van der Waals surface area contributed by atoms with E-state index < -0.39 is 12.1 Å². The zero-order chi connectivity index (χ0) is 13.0. The molecule has 1 aromatic carbocycles. The first-order valence-electron chi connectivity index (χ1n) is 6.00. The Kier molecular flexibility index (Phi) is 4.17. The van der Waals surface area contributed by atoms with E-state index in [2.05, 4.69) is 11.4 Å². The van der Waals surface area contributed by atoms with E-state index in [4.69, 9.17) is 9.84 Å². The number of ether oxygens (including phenoxy) is 1. The fraction of sp³-hybridized carbons (Fsp3) is 0.462. The van der Waals surface area contributed by atoms with Gasteiger partial charge >= 0.3 is 5.97 Å². The van der Waals surface area contributed by atoms with Crippen molar-refractivity contribution in [3.63, 3.8) is 0 Å². The highest BCUT2D eigenvalue weighted by atomic mass is 16.5. The second-order valence-electron chi connectivity index (χ2n) is 4.42. The van der Waals surface area contributed by atoms with E-state index in [9.17, 15) is 9.90 Å². The minimum atomic E-state index is -0.987. The second-order valence-corrected chi connectivity index (χ2v) is 4.42. The van der Waals surface area contributed by atoms with E-state index in [0.29, 0.717) is 6.54 Å². The van der Waals surface area contributed by atoms with Crippen molar-refractivity contribution in [1.29, 1.82) is 0 Å². The quantitative estimate of drug-likeness (QED) is 0.688. The molecule has 0 saturated heterocycles. The van der Waals surface area contributed by atoms with Gasteiger partial charge in [0.15, 0.2) is 0 Å². The van der Waals surface area contributed by atoms with Crippen LogP contribution >= 0.6 is 0 Å². The monoisotopic (exact) mass is 251 g/mol. The van der Waals surface area contributed by atoms with Crippen molar-refractivity contribution in [2.45, 2.75) is 25.5 Å². The van der Waals surface area contributed by atoms with Gasteiger partial charge in [-0.15, -0.1) is 0 Å². The average Bonchev–Trinajstić information content (AvgIpc) is 2.75. The van der Waals surface area contributed by atoms with E-state index in [0.717, 1.165) is 24.3 Å². The molecule has 1 unspecified atom stereocenters. The first kappa shape index (κ1) is 12.9. The van der Waals surface area contributed by atoms with Crippen LogP contribution in [0.4, 0.5) is 0 Å². The molecule has 0 amide bonds. The molecule has 1 aliphatic heterocycles. The summed E-state index contributed by atoms with van der Waals surface area (Å²) in [6, 6.07) is 6.01. The summed E-state index contributed by atoms with van der Waals surface area (Å²) < 4.78 is 5.41. The fourth-order valence-corrected chi connectivity index (χ4v) is 2.01. The number of carboxylic acids is 1. The Bertz CT molecular complexity index is 433. The second kappa shape index (κ2) is 5.84. The zero-order valence-corrected chi connectivity index (χ0v) is 10.1. The van der Waals surface area contributed by atoms with Crippen molar-refractivity contribution >= 4 is 5.97 Å². The van der Waals surface area contributed by atoms with Crippen molar-refractivity contribution in [3.05, 3.63) is 29.3 Å². The molecule has 3 N–H and O–H groups in total. The lowest BCUT2D eigenvalue weighted by Gasteiger charge is -2.10. The Hall–Kier alpha value is -1.59. The summed E-state index contributed by atoms with van der Waals surface area (Å²) in [6.45, 7) is 1.63. The number of benzene rings is 1. The van der Waals surface area contributed by atoms with Gasteiger partial charge in [-0.25, -0.2) is 0 Å². The highest BCUT2D eigenvalue weighted by Gasteiger charge is 2.12. The molecule has 1 atom stereocenters. The molecule has 0 aliphatic carbocycles. The van der Waals surface area contributed by atoms with Crippen LogP contribution in [0.1, 0.15) is 17.5 Å². The third-order valence-electron chi connectivity index (χ3n) is 2.87. The number of aliphatic carboxylic acids is 1. The molecule has 0 saturated carbocycles. The molecule has 5 nitrogen and oxygen atoms in total.